The number of nitrogens with zero attached hydrogens (tertiary/aromatic N) is 3. The summed E-state index contributed by atoms with van der Waals surface area (Å²) in [4.78, 5) is 39.6. The zero-order valence-electron chi connectivity index (χ0n) is 28.6. The second kappa shape index (κ2) is 14.3. The fraction of sp³-hybridized carbons (Fsp3) is 0.250. The summed E-state index contributed by atoms with van der Waals surface area (Å²) >= 11 is 0. The molecular formula is C36H37N5O10S2. The maximum absolute atomic E-state index is 14.5. The Bertz CT molecular complexity index is 2300. The van der Waals surface area contributed by atoms with Crippen LogP contribution in [-0.4, -0.2) is 68.8 Å². The van der Waals surface area contributed by atoms with Gasteiger partial charge in [-0.3, -0.25) is 14.4 Å². The van der Waals surface area contributed by atoms with E-state index in [9.17, 15) is 41.4 Å². The SMILES string of the molecule is CCOC(=O)C(c1ccccc1)C(c1ccc(N2CC(=O)NS2(=O)=O)c(O)c1)N1C(=O)CN(c2ccc(CC(C)c3ccccc3N)cc2O)S1(=O)=O. The summed E-state index contributed by atoms with van der Waals surface area (Å²) in [6.07, 6.45) is 0.461. The monoisotopic (exact) mass is 763 g/mol. The number of nitrogens with two attached hydrogens (primary N) is 1. The lowest BCUT2D eigenvalue weighted by atomic mass is 9.86. The molecule has 2 amide bonds. The highest BCUT2D eigenvalue weighted by Crippen LogP contribution is 2.46. The molecule has 278 valence electrons. The third kappa shape index (κ3) is 7.04. The van der Waals surface area contributed by atoms with E-state index in [0.29, 0.717) is 26.3 Å². The Morgan fingerprint density at radius 2 is 1.49 bits per heavy atom. The van der Waals surface area contributed by atoms with Crippen LogP contribution in [0.15, 0.2) is 91.0 Å². The first-order valence-corrected chi connectivity index (χ1v) is 19.4. The van der Waals surface area contributed by atoms with Gasteiger partial charge in [0.1, 0.15) is 30.5 Å². The molecule has 53 heavy (non-hydrogen) atoms. The molecule has 2 aliphatic rings. The molecule has 4 aromatic carbocycles. The number of esters is 1. The molecule has 0 bridgehead atoms. The Balaban J connectivity index is 1.42. The molecule has 0 spiro atoms. The molecule has 0 radical (unpaired) electrons. The molecule has 4 aromatic rings. The van der Waals surface area contributed by atoms with Gasteiger partial charge in [-0.05, 0) is 71.8 Å². The molecular weight excluding hydrogens is 727 g/mol. The van der Waals surface area contributed by atoms with Crippen molar-refractivity contribution in [2.45, 2.75) is 38.1 Å². The Kier molecular flexibility index (Phi) is 9.98. The van der Waals surface area contributed by atoms with Crippen LogP contribution in [0.25, 0.3) is 0 Å². The fourth-order valence-electron chi connectivity index (χ4n) is 6.75. The molecule has 3 unspecified atom stereocenters. The van der Waals surface area contributed by atoms with Crippen LogP contribution in [0.3, 0.4) is 0 Å². The van der Waals surface area contributed by atoms with Gasteiger partial charge in [-0.15, -0.1) is 0 Å². The van der Waals surface area contributed by atoms with Gasteiger partial charge < -0.3 is 20.7 Å². The van der Waals surface area contributed by atoms with Crippen molar-refractivity contribution in [3.05, 3.63) is 113 Å². The number of ether oxygens (including phenoxy) is 1. The third-order valence-corrected chi connectivity index (χ3v) is 12.3. The number of aromatic hydroxyl groups is 2. The number of carbonyl (C=O) groups excluding carboxylic acids is 3. The molecule has 6 rings (SSSR count). The Labute approximate surface area is 306 Å². The van der Waals surface area contributed by atoms with Gasteiger partial charge in [0.05, 0.1) is 24.0 Å². The molecule has 0 aliphatic carbocycles. The van der Waals surface area contributed by atoms with E-state index in [1.165, 1.54) is 18.2 Å². The van der Waals surface area contributed by atoms with Gasteiger partial charge in [-0.2, -0.15) is 16.8 Å². The normalized spacial score (nSPS) is 18.0. The summed E-state index contributed by atoms with van der Waals surface area (Å²) in [5, 5.41) is 22.3. The van der Waals surface area contributed by atoms with Gasteiger partial charge in [-0.25, -0.2) is 17.6 Å². The Morgan fingerprint density at radius 1 is 0.849 bits per heavy atom. The maximum Gasteiger partial charge on any atom is 0.329 e. The van der Waals surface area contributed by atoms with Crippen molar-refractivity contribution in [3.63, 3.8) is 0 Å². The van der Waals surface area contributed by atoms with Crippen molar-refractivity contribution in [1.82, 2.24) is 9.03 Å². The summed E-state index contributed by atoms with van der Waals surface area (Å²) in [6.45, 7) is 2.08. The summed E-state index contributed by atoms with van der Waals surface area (Å²) in [6, 6.07) is 21.6. The lowest BCUT2D eigenvalue weighted by Gasteiger charge is -2.33. The summed E-state index contributed by atoms with van der Waals surface area (Å²) in [5.41, 5.74) is 8.07. The lowest BCUT2D eigenvalue weighted by molar-refractivity contribution is -0.147. The molecule has 0 aromatic heterocycles. The molecule has 3 atom stereocenters. The quantitative estimate of drug-likeness (QED) is 0.129. The standard InChI is InChI=1S/C36H37N5O10S2/c1-3-51-36(46)34(24-9-5-4-6-10-24)35(25-14-16-28(31(43)19-25)39-20-32(44)38-52(39,47)48)41-33(45)21-40(53(41,49)50)29-15-13-23(18-30(29)42)17-22(2)26-11-7-8-12-27(26)37/h4-16,18-19,22,34-35,42-43H,3,17,20-21,37H2,1-2H3,(H,38,44). The highest BCUT2D eigenvalue weighted by atomic mass is 32.2. The molecule has 5 N–H and O–H groups in total. The molecule has 2 aliphatic heterocycles. The van der Waals surface area contributed by atoms with Crippen LogP contribution in [0.5, 0.6) is 11.5 Å². The van der Waals surface area contributed by atoms with E-state index in [2.05, 4.69) is 0 Å². The first kappa shape index (κ1) is 37.0. The van der Waals surface area contributed by atoms with Crippen LogP contribution in [0.4, 0.5) is 17.1 Å². The number of carbonyl (C=O) groups is 3. The molecule has 2 fully saturated rings. The minimum atomic E-state index is -4.86. The highest BCUT2D eigenvalue weighted by molar-refractivity contribution is 7.92. The number of amides is 2. The minimum Gasteiger partial charge on any atom is -0.506 e. The van der Waals surface area contributed by atoms with E-state index >= 15 is 0 Å². The summed E-state index contributed by atoms with van der Waals surface area (Å²) < 4.78 is 63.2. The van der Waals surface area contributed by atoms with E-state index in [1.807, 2.05) is 29.8 Å². The first-order valence-electron chi connectivity index (χ1n) is 16.5. The molecule has 15 nitrogen and oxygen atoms in total. The lowest BCUT2D eigenvalue weighted by Crippen LogP contribution is -2.42. The topological polar surface area (TPSA) is 217 Å². The average molecular weight is 764 g/mol. The Hall–Kier alpha value is -5.81. The number of para-hydroxylation sites is 1. The van der Waals surface area contributed by atoms with Gasteiger partial charge in [0.15, 0.2) is 0 Å². The van der Waals surface area contributed by atoms with E-state index in [0.717, 1.165) is 22.0 Å². The van der Waals surface area contributed by atoms with Gasteiger partial charge in [0.2, 0.25) is 0 Å². The zero-order valence-corrected chi connectivity index (χ0v) is 30.2. The minimum absolute atomic E-state index is 0.0438. The number of hydrogen-bond donors (Lipinski definition) is 4. The van der Waals surface area contributed by atoms with Crippen molar-refractivity contribution < 1.29 is 46.2 Å². The average Bonchev–Trinajstić information content (AvgIpc) is 3.51. The number of benzene rings is 4. The second-order valence-corrected chi connectivity index (χ2v) is 16.0. The number of rotatable bonds is 11. The number of nitrogen functional groups attached to an aromatic ring is 1. The van der Waals surface area contributed by atoms with Crippen LogP contribution in [0.2, 0.25) is 0 Å². The van der Waals surface area contributed by atoms with Crippen LogP contribution in [0.1, 0.15) is 54.0 Å². The third-order valence-electron chi connectivity index (χ3n) is 9.13. The van der Waals surface area contributed by atoms with Crippen molar-refractivity contribution in [2.24, 2.45) is 0 Å². The number of hydrogen-bond acceptors (Lipinski definition) is 11. The van der Waals surface area contributed by atoms with E-state index in [4.69, 9.17) is 10.5 Å². The molecule has 0 saturated carbocycles. The van der Waals surface area contributed by atoms with Gasteiger partial charge in [-0.1, -0.05) is 67.6 Å². The van der Waals surface area contributed by atoms with E-state index in [1.54, 1.807) is 49.4 Å². The molecule has 2 saturated heterocycles. The first-order chi connectivity index (χ1) is 25.1. The molecule has 17 heteroatoms. The van der Waals surface area contributed by atoms with Crippen LogP contribution < -0.4 is 19.1 Å². The van der Waals surface area contributed by atoms with Crippen LogP contribution >= 0.6 is 0 Å². The number of anilines is 3. The summed E-state index contributed by atoms with van der Waals surface area (Å²) in [7, 11) is -9.19. The smallest absolute Gasteiger partial charge is 0.329 e. The van der Waals surface area contributed by atoms with Crippen molar-refractivity contribution in [1.29, 1.82) is 0 Å². The van der Waals surface area contributed by atoms with E-state index < -0.39 is 74.8 Å². The van der Waals surface area contributed by atoms with Gasteiger partial charge in [0.25, 0.3) is 11.8 Å². The predicted octanol–water partition coefficient (Wildman–Crippen LogP) is 3.19. The highest BCUT2D eigenvalue weighted by Gasteiger charge is 2.52. The van der Waals surface area contributed by atoms with Gasteiger partial charge >= 0.3 is 26.4 Å². The second-order valence-electron chi connectivity index (χ2n) is 12.6. The van der Waals surface area contributed by atoms with E-state index in [-0.39, 0.29) is 35.0 Å². The Morgan fingerprint density at radius 3 is 2.11 bits per heavy atom. The number of nitrogens with one attached hydrogen (secondary N) is 1. The maximum atomic E-state index is 14.5. The van der Waals surface area contributed by atoms with Crippen molar-refractivity contribution >= 4 is 55.3 Å². The van der Waals surface area contributed by atoms with Crippen LogP contribution in [0, 0.1) is 0 Å². The largest absolute Gasteiger partial charge is 0.506 e. The zero-order chi connectivity index (χ0) is 38.2. The van der Waals surface area contributed by atoms with Crippen molar-refractivity contribution in [3.8, 4) is 11.5 Å². The number of phenolic OH excluding ortho intramolecular Hbond substituents is 2. The fourth-order valence-corrected chi connectivity index (χ4v) is 9.64. The number of phenols is 2. The van der Waals surface area contributed by atoms with Crippen LogP contribution in [-0.2, 0) is 46.0 Å². The van der Waals surface area contributed by atoms with Gasteiger partial charge in [0, 0.05) is 5.69 Å². The predicted molar refractivity (Wildman–Crippen MR) is 195 cm³/mol. The summed E-state index contributed by atoms with van der Waals surface area (Å²) in [5.74, 6) is -5.28. The van der Waals surface area contributed by atoms with Crippen molar-refractivity contribution in [2.75, 3.05) is 34.0 Å². The molecule has 2 heterocycles.